The summed E-state index contributed by atoms with van der Waals surface area (Å²) in [5, 5.41) is 0. The van der Waals surface area contributed by atoms with Gasteiger partial charge in [0.15, 0.2) is 0 Å². The fraction of sp³-hybridized carbons (Fsp3) is 0.364. The molecule has 0 saturated carbocycles. The number of nitrogens with zero attached hydrogens (tertiary/aromatic N) is 1. The molecular formula is C11H12FNO2. The largest absolute Gasteiger partial charge is 0.469 e. The van der Waals surface area contributed by atoms with E-state index in [-0.39, 0.29) is 18.3 Å². The third-order valence-corrected chi connectivity index (χ3v) is 2.37. The molecule has 1 amide bonds. The van der Waals surface area contributed by atoms with Crippen molar-refractivity contribution in [3.05, 3.63) is 35.6 Å². The first-order chi connectivity index (χ1) is 7.16. The highest BCUT2D eigenvalue weighted by atomic mass is 19.1. The van der Waals surface area contributed by atoms with Gasteiger partial charge in [0.05, 0.1) is 12.1 Å². The molecule has 1 aliphatic heterocycles. The first-order valence-electron chi connectivity index (χ1n) is 4.86. The number of furan rings is 1. The molecule has 1 aromatic rings. The minimum absolute atomic E-state index is 0.0725. The maximum atomic E-state index is 13.0. The van der Waals surface area contributed by atoms with Crippen LogP contribution in [0.25, 0.3) is 0 Å². The Morgan fingerprint density at radius 3 is 3.00 bits per heavy atom. The van der Waals surface area contributed by atoms with Crippen LogP contribution in [0.5, 0.6) is 0 Å². The molecule has 0 fully saturated rings. The zero-order chi connectivity index (χ0) is 10.8. The fourth-order valence-corrected chi connectivity index (χ4v) is 1.61. The van der Waals surface area contributed by atoms with Crippen molar-refractivity contribution in [1.82, 2.24) is 4.90 Å². The van der Waals surface area contributed by atoms with Crippen LogP contribution in [0.3, 0.4) is 0 Å². The van der Waals surface area contributed by atoms with Gasteiger partial charge >= 0.3 is 0 Å². The molecule has 80 valence electrons. The Labute approximate surface area is 87.2 Å². The van der Waals surface area contributed by atoms with Gasteiger partial charge in [-0.2, -0.15) is 0 Å². The molecule has 3 nitrogen and oxygen atoms in total. The molecule has 0 saturated heterocycles. The first-order valence-corrected chi connectivity index (χ1v) is 4.86. The minimum Gasteiger partial charge on any atom is -0.469 e. The van der Waals surface area contributed by atoms with Crippen molar-refractivity contribution in [3.8, 4) is 0 Å². The lowest BCUT2D eigenvalue weighted by Gasteiger charge is -2.23. The number of rotatable bonds is 1. The van der Waals surface area contributed by atoms with Crippen molar-refractivity contribution in [2.24, 2.45) is 0 Å². The highest BCUT2D eigenvalue weighted by Gasteiger charge is 2.20. The van der Waals surface area contributed by atoms with Gasteiger partial charge in [-0.3, -0.25) is 4.79 Å². The van der Waals surface area contributed by atoms with Crippen molar-refractivity contribution in [2.75, 3.05) is 13.1 Å². The van der Waals surface area contributed by atoms with E-state index in [1.54, 1.807) is 13.0 Å². The number of hydrogen-bond acceptors (Lipinski definition) is 2. The van der Waals surface area contributed by atoms with E-state index < -0.39 is 0 Å². The average molecular weight is 209 g/mol. The molecule has 1 aromatic heterocycles. The van der Waals surface area contributed by atoms with Crippen LogP contribution in [0.4, 0.5) is 4.39 Å². The monoisotopic (exact) mass is 209 g/mol. The molecule has 0 radical (unpaired) electrons. The Hall–Kier alpha value is -1.58. The van der Waals surface area contributed by atoms with Crippen LogP contribution in [-0.2, 0) is 0 Å². The van der Waals surface area contributed by atoms with Gasteiger partial charge in [-0.05, 0) is 25.5 Å². The van der Waals surface area contributed by atoms with E-state index in [0.717, 1.165) is 0 Å². The summed E-state index contributed by atoms with van der Waals surface area (Å²) in [4.78, 5) is 13.3. The molecule has 15 heavy (non-hydrogen) atoms. The lowest BCUT2D eigenvalue weighted by Crippen LogP contribution is -2.34. The zero-order valence-corrected chi connectivity index (χ0v) is 8.50. The van der Waals surface area contributed by atoms with E-state index in [2.05, 4.69) is 0 Å². The molecule has 0 unspecified atom stereocenters. The molecule has 1 aliphatic rings. The Morgan fingerprint density at radius 1 is 1.60 bits per heavy atom. The molecule has 0 aromatic carbocycles. The Bertz CT molecular complexity index is 408. The standard InChI is InChI=1S/C11H12FNO2/c1-8-5-9(7-15-8)11(14)13-4-2-3-10(12)6-13/h3,5,7H,2,4,6H2,1H3. The van der Waals surface area contributed by atoms with Gasteiger partial charge < -0.3 is 9.32 Å². The predicted octanol–water partition coefficient (Wildman–Crippen LogP) is 2.29. The third-order valence-electron chi connectivity index (χ3n) is 2.37. The molecule has 0 aliphatic carbocycles. The van der Waals surface area contributed by atoms with E-state index in [4.69, 9.17) is 4.42 Å². The van der Waals surface area contributed by atoms with Gasteiger partial charge in [-0.25, -0.2) is 4.39 Å². The summed E-state index contributed by atoms with van der Waals surface area (Å²) in [6.45, 7) is 2.41. The maximum absolute atomic E-state index is 13.0. The zero-order valence-electron chi connectivity index (χ0n) is 8.50. The van der Waals surface area contributed by atoms with Crippen LogP contribution in [0.1, 0.15) is 22.5 Å². The summed E-state index contributed by atoms with van der Waals surface area (Å²) in [5.41, 5.74) is 0.488. The highest BCUT2D eigenvalue weighted by Crippen LogP contribution is 2.15. The summed E-state index contributed by atoms with van der Waals surface area (Å²) < 4.78 is 18.0. The predicted molar refractivity (Wildman–Crippen MR) is 53.2 cm³/mol. The molecule has 4 heteroatoms. The van der Waals surface area contributed by atoms with Gasteiger partial charge in [-0.1, -0.05) is 0 Å². The van der Waals surface area contributed by atoms with E-state index in [1.807, 2.05) is 0 Å². The van der Waals surface area contributed by atoms with E-state index in [0.29, 0.717) is 24.3 Å². The molecule has 0 bridgehead atoms. The lowest BCUT2D eigenvalue weighted by atomic mass is 10.2. The SMILES string of the molecule is Cc1cc(C(=O)N2CCC=C(F)C2)co1. The summed E-state index contributed by atoms with van der Waals surface area (Å²) in [5.74, 6) is 0.274. The van der Waals surface area contributed by atoms with Crippen LogP contribution in [0.15, 0.2) is 28.6 Å². The second kappa shape index (κ2) is 3.88. The average Bonchev–Trinajstić information content (AvgIpc) is 2.64. The topological polar surface area (TPSA) is 33.5 Å². The second-order valence-corrected chi connectivity index (χ2v) is 3.61. The second-order valence-electron chi connectivity index (χ2n) is 3.61. The van der Waals surface area contributed by atoms with Gasteiger partial charge in [0, 0.05) is 6.54 Å². The number of carbonyl (C=O) groups is 1. The van der Waals surface area contributed by atoms with Crippen molar-refractivity contribution in [1.29, 1.82) is 0 Å². The maximum Gasteiger partial charge on any atom is 0.257 e. The molecule has 0 atom stereocenters. The molecule has 2 rings (SSSR count). The Balaban J connectivity index is 2.12. The first kappa shape index (κ1) is 9.96. The summed E-state index contributed by atoms with van der Waals surface area (Å²) in [6.07, 6.45) is 3.51. The highest BCUT2D eigenvalue weighted by molar-refractivity contribution is 5.94. The fourth-order valence-electron chi connectivity index (χ4n) is 1.61. The Kier molecular flexibility index (Phi) is 2.58. The van der Waals surface area contributed by atoms with Crippen molar-refractivity contribution >= 4 is 5.91 Å². The van der Waals surface area contributed by atoms with Crippen molar-refractivity contribution in [2.45, 2.75) is 13.3 Å². The van der Waals surface area contributed by atoms with E-state index in [9.17, 15) is 9.18 Å². The number of hydrogen-bond donors (Lipinski definition) is 0. The molecule has 0 spiro atoms. The molecule has 0 N–H and O–H groups in total. The summed E-state index contributed by atoms with van der Waals surface area (Å²) in [6, 6.07) is 1.67. The summed E-state index contributed by atoms with van der Waals surface area (Å²) >= 11 is 0. The number of amides is 1. The third kappa shape index (κ3) is 2.09. The normalized spacial score (nSPS) is 16.4. The van der Waals surface area contributed by atoms with Crippen molar-refractivity contribution in [3.63, 3.8) is 0 Å². The van der Waals surface area contributed by atoms with E-state index in [1.165, 1.54) is 17.2 Å². The molecular weight excluding hydrogens is 197 g/mol. The van der Waals surface area contributed by atoms with Crippen LogP contribution < -0.4 is 0 Å². The van der Waals surface area contributed by atoms with Gasteiger partial charge in [-0.15, -0.1) is 0 Å². The van der Waals surface area contributed by atoms with Crippen LogP contribution in [0.2, 0.25) is 0 Å². The van der Waals surface area contributed by atoms with Crippen LogP contribution in [0, 0.1) is 6.92 Å². The quantitative estimate of drug-likeness (QED) is 0.711. The van der Waals surface area contributed by atoms with Crippen LogP contribution in [-0.4, -0.2) is 23.9 Å². The lowest BCUT2D eigenvalue weighted by molar-refractivity contribution is 0.0754. The van der Waals surface area contributed by atoms with Gasteiger partial charge in [0.1, 0.15) is 17.9 Å². The number of carbonyl (C=O) groups excluding carboxylic acids is 1. The number of halogens is 1. The van der Waals surface area contributed by atoms with Gasteiger partial charge in [0.2, 0.25) is 0 Å². The smallest absolute Gasteiger partial charge is 0.257 e. The van der Waals surface area contributed by atoms with Gasteiger partial charge in [0.25, 0.3) is 5.91 Å². The Morgan fingerprint density at radius 2 is 2.40 bits per heavy atom. The number of aryl methyl sites for hydroxylation is 1. The van der Waals surface area contributed by atoms with Crippen LogP contribution >= 0.6 is 0 Å². The summed E-state index contributed by atoms with van der Waals surface area (Å²) in [7, 11) is 0. The van der Waals surface area contributed by atoms with E-state index >= 15 is 0 Å². The minimum atomic E-state index is -0.241. The van der Waals surface area contributed by atoms with Crippen molar-refractivity contribution < 1.29 is 13.6 Å². The molecule has 2 heterocycles.